The third kappa shape index (κ3) is 4.16. The van der Waals surface area contributed by atoms with E-state index in [4.69, 9.17) is 0 Å². The molecule has 0 amide bonds. The van der Waals surface area contributed by atoms with Crippen molar-refractivity contribution in [2.45, 2.75) is 100 Å². The summed E-state index contributed by atoms with van der Waals surface area (Å²) in [6, 6.07) is 12.3. The Labute approximate surface area is 211 Å². The van der Waals surface area contributed by atoms with Gasteiger partial charge in [0.15, 0.2) is 0 Å². The van der Waals surface area contributed by atoms with Crippen molar-refractivity contribution < 1.29 is 17.4 Å². The molecule has 0 radical (unpaired) electrons. The van der Waals surface area contributed by atoms with Gasteiger partial charge in [-0.3, -0.25) is 0 Å². The van der Waals surface area contributed by atoms with Crippen LogP contribution in [0.5, 0.6) is 0 Å². The fraction of sp³-hybridized carbons (Fsp3) is 0.500. The summed E-state index contributed by atoms with van der Waals surface area (Å²) in [6.45, 7) is 21.8. The molecular formula is C32H46SiZr. The summed E-state index contributed by atoms with van der Waals surface area (Å²) >= 11 is -3.53. The molecule has 0 bridgehead atoms. The Morgan fingerprint density at radius 2 is 1.50 bits per heavy atom. The van der Waals surface area contributed by atoms with Crippen molar-refractivity contribution in [3.05, 3.63) is 74.1 Å². The zero-order chi connectivity index (χ0) is 25.0. The van der Waals surface area contributed by atoms with E-state index in [0.29, 0.717) is 0 Å². The minimum atomic E-state index is -3.53. The van der Waals surface area contributed by atoms with E-state index in [1.165, 1.54) is 44.2 Å². The second kappa shape index (κ2) is 8.85. The third-order valence-corrected chi connectivity index (χ3v) is 35.8. The molecule has 0 nitrogen and oxygen atoms in total. The Hall–Kier alpha value is -0.980. The van der Waals surface area contributed by atoms with E-state index in [0.717, 1.165) is 6.42 Å². The van der Waals surface area contributed by atoms with E-state index in [1.54, 1.807) is 16.7 Å². The van der Waals surface area contributed by atoms with Crippen molar-refractivity contribution in [1.29, 1.82) is 0 Å². The van der Waals surface area contributed by atoms with E-state index >= 15 is 0 Å². The molecule has 0 fully saturated rings. The average molecular weight is 550 g/mol. The van der Waals surface area contributed by atoms with Gasteiger partial charge in [0.1, 0.15) is 0 Å². The van der Waals surface area contributed by atoms with Crippen LogP contribution in [0, 0.1) is 0 Å². The number of hydrogen-bond donors (Lipinski definition) is 0. The fourth-order valence-electron chi connectivity index (χ4n) is 7.11. The first kappa shape index (κ1) is 26.1. The number of allylic oxidation sites excluding steroid dienone is 4. The van der Waals surface area contributed by atoms with Gasteiger partial charge in [-0.25, -0.2) is 0 Å². The van der Waals surface area contributed by atoms with Crippen molar-refractivity contribution >= 4 is 10.2 Å². The van der Waals surface area contributed by atoms with Crippen molar-refractivity contribution in [2.24, 2.45) is 0 Å². The quantitative estimate of drug-likeness (QED) is 0.272. The number of rotatable bonds is 6. The summed E-state index contributed by atoms with van der Waals surface area (Å²) < 4.78 is 6.56. The van der Waals surface area contributed by atoms with E-state index in [2.05, 4.69) is 111 Å². The van der Waals surface area contributed by atoms with Crippen LogP contribution in [0.15, 0.2) is 51.8 Å². The Balaban J connectivity index is 2.08. The SMILES string of the molecule is CC[CH2][Zr](=[SiH2])([CH2]CC)([C]1=CC=CC1)[c]1c(C(C)(C)C)ccc2c1Cc1cc(C(C)(C)C)ccc1-2. The van der Waals surface area contributed by atoms with Gasteiger partial charge in [0, 0.05) is 0 Å². The molecule has 0 saturated carbocycles. The van der Waals surface area contributed by atoms with Gasteiger partial charge < -0.3 is 0 Å². The summed E-state index contributed by atoms with van der Waals surface area (Å²) in [5, 5.41) is 0. The molecule has 0 aromatic heterocycles. The summed E-state index contributed by atoms with van der Waals surface area (Å²) in [6.07, 6.45) is 12.2. The second-order valence-corrected chi connectivity index (χ2v) is 38.2. The second-order valence-electron chi connectivity index (χ2n) is 13.3. The van der Waals surface area contributed by atoms with Crippen LogP contribution < -0.4 is 3.27 Å². The predicted octanol–water partition coefficient (Wildman–Crippen LogP) is 8.22. The zero-order valence-corrected chi connectivity index (χ0v) is 26.9. The van der Waals surface area contributed by atoms with Crippen LogP contribution in [0.4, 0.5) is 0 Å². The van der Waals surface area contributed by atoms with E-state index < -0.39 is 17.4 Å². The van der Waals surface area contributed by atoms with Crippen molar-refractivity contribution in [3.63, 3.8) is 0 Å². The van der Waals surface area contributed by atoms with Crippen LogP contribution in [0.25, 0.3) is 11.1 Å². The average Bonchev–Trinajstić information content (AvgIpc) is 3.40. The normalized spacial score (nSPS) is 16.0. The molecule has 4 rings (SSSR count). The molecule has 0 spiro atoms. The van der Waals surface area contributed by atoms with Crippen LogP contribution in [-0.4, -0.2) is 6.88 Å². The molecule has 2 aromatic carbocycles. The molecule has 0 saturated heterocycles. The molecular weight excluding hydrogens is 504 g/mol. The van der Waals surface area contributed by atoms with Crippen LogP contribution in [-0.2, 0) is 34.6 Å². The van der Waals surface area contributed by atoms with Crippen LogP contribution in [0.2, 0.25) is 8.26 Å². The Morgan fingerprint density at radius 1 is 0.853 bits per heavy atom. The molecule has 0 unspecified atom stereocenters. The topological polar surface area (TPSA) is 0 Å². The molecule has 2 aliphatic carbocycles. The first-order chi connectivity index (χ1) is 15.8. The van der Waals surface area contributed by atoms with E-state index in [9.17, 15) is 0 Å². The van der Waals surface area contributed by atoms with Gasteiger partial charge in [-0.05, 0) is 0 Å². The van der Waals surface area contributed by atoms with E-state index in [1.807, 2.05) is 6.55 Å². The summed E-state index contributed by atoms with van der Waals surface area (Å²) in [5.41, 5.74) is 9.71. The van der Waals surface area contributed by atoms with E-state index in [-0.39, 0.29) is 10.8 Å². The molecule has 182 valence electrons. The van der Waals surface area contributed by atoms with Crippen molar-refractivity contribution in [1.82, 2.24) is 0 Å². The molecule has 0 atom stereocenters. The summed E-state index contributed by atoms with van der Waals surface area (Å²) in [4.78, 5) is 0. The van der Waals surface area contributed by atoms with Crippen LogP contribution in [0.1, 0.15) is 96.9 Å². The first-order valence-electron chi connectivity index (χ1n) is 13.5. The maximum atomic E-state index is 2.55. The molecule has 2 heteroatoms. The maximum absolute atomic E-state index is 3.53. The van der Waals surface area contributed by atoms with Crippen LogP contribution >= 0.6 is 0 Å². The Morgan fingerprint density at radius 3 is 2.03 bits per heavy atom. The predicted molar refractivity (Wildman–Crippen MR) is 152 cm³/mol. The van der Waals surface area contributed by atoms with Crippen LogP contribution in [0.3, 0.4) is 0 Å². The van der Waals surface area contributed by atoms with Gasteiger partial charge in [0.2, 0.25) is 0 Å². The molecule has 0 aliphatic heterocycles. The molecule has 34 heavy (non-hydrogen) atoms. The van der Waals surface area contributed by atoms with Gasteiger partial charge in [-0.2, -0.15) is 0 Å². The summed E-state index contributed by atoms with van der Waals surface area (Å²) in [5.74, 6) is 0. The van der Waals surface area contributed by atoms with Gasteiger partial charge in [0.25, 0.3) is 0 Å². The number of fused-ring (bicyclic) bond motifs is 3. The van der Waals surface area contributed by atoms with Crippen molar-refractivity contribution in [3.8, 4) is 11.1 Å². The number of benzene rings is 2. The van der Waals surface area contributed by atoms with Gasteiger partial charge in [-0.1, -0.05) is 0 Å². The third-order valence-electron chi connectivity index (χ3n) is 8.73. The Bertz CT molecular complexity index is 1230. The first-order valence-corrected chi connectivity index (χ1v) is 25.4. The molecule has 2 aliphatic rings. The molecule has 2 aromatic rings. The van der Waals surface area contributed by atoms with Gasteiger partial charge >= 0.3 is 213 Å². The summed E-state index contributed by atoms with van der Waals surface area (Å²) in [7, 11) is 0. The fourth-order valence-corrected chi connectivity index (χ4v) is 33.7. The molecule has 0 N–H and O–H groups in total. The monoisotopic (exact) mass is 548 g/mol. The Kier molecular flexibility index (Phi) is 6.79. The molecule has 0 heterocycles. The minimum absolute atomic E-state index is 0.152. The van der Waals surface area contributed by atoms with Gasteiger partial charge in [0.05, 0.1) is 0 Å². The van der Waals surface area contributed by atoms with Crippen molar-refractivity contribution in [2.75, 3.05) is 0 Å². The number of hydrogen-bond acceptors (Lipinski definition) is 0. The van der Waals surface area contributed by atoms with Gasteiger partial charge in [-0.15, -0.1) is 0 Å². The standard InChI is InChI=1S/C21H25.C5H5.2C3H7.H2Si.Zr/c1-20(2,3)16-7-9-18-14(12-16)11-15-13-17(21(4,5)6)8-10-19(15)18;1-2-4-5-3-1;2*1-3-2;;/h7-10,12H,11H2,1-6H3;1-3H,4H2;2*1,3H2,2H3;1H2;. The zero-order valence-electron chi connectivity index (χ0n) is 23.1.